The molecule has 3 rings (SSSR count). The van der Waals surface area contributed by atoms with Gasteiger partial charge < -0.3 is 14.3 Å². The third-order valence-electron chi connectivity index (χ3n) is 4.69. The lowest BCUT2D eigenvalue weighted by molar-refractivity contribution is -0.0298. The lowest BCUT2D eigenvalue weighted by atomic mass is 9.76. The summed E-state index contributed by atoms with van der Waals surface area (Å²) < 4.78 is 38.1. The first-order valence-corrected chi connectivity index (χ1v) is 7.75. The second-order valence-electron chi connectivity index (χ2n) is 6.49. The Balaban J connectivity index is 1.96. The molecule has 0 aromatic heterocycles. The first-order chi connectivity index (χ1) is 11.0. The molecule has 1 saturated heterocycles. The predicted molar refractivity (Wildman–Crippen MR) is 80.9 cm³/mol. The molecule has 2 fully saturated rings. The van der Waals surface area contributed by atoms with Gasteiger partial charge >= 0.3 is 0 Å². The lowest BCUT2D eigenvalue weighted by Gasteiger charge is -2.27. The molecule has 1 heterocycles. The van der Waals surface area contributed by atoms with Crippen molar-refractivity contribution in [3.63, 3.8) is 0 Å². The van der Waals surface area contributed by atoms with Crippen molar-refractivity contribution in [1.82, 2.24) is 0 Å². The summed E-state index contributed by atoms with van der Waals surface area (Å²) >= 11 is 0. The summed E-state index contributed by atoms with van der Waals surface area (Å²) in [5.74, 6) is -1.04. The molecule has 1 aromatic carbocycles. The number of benzene rings is 1. The van der Waals surface area contributed by atoms with E-state index >= 15 is 0 Å². The molecule has 1 aromatic rings. The minimum Gasteiger partial charge on any atom is -0.367 e. The second kappa shape index (κ2) is 5.83. The maximum absolute atomic E-state index is 14.3. The summed E-state index contributed by atoms with van der Waals surface area (Å²) in [5, 5.41) is 4.24. The van der Waals surface area contributed by atoms with Crippen LogP contribution >= 0.6 is 0 Å². The molecule has 0 spiro atoms. The van der Waals surface area contributed by atoms with Crippen LogP contribution in [0.4, 0.5) is 8.78 Å². The fourth-order valence-corrected chi connectivity index (χ4v) is 3.46. The second-order valence-corrected chi connectivity index (χ2v) is 6.49. The number of hydrogen-bond acceptors (Lipinski definition) is 4. The molecule has 0 bridgehead atoms. The van der Waals surface area contributed by atoms with E-state index in [1.807, 2.05) is 13.8 Å². The van der Waals surface area contributed by atoms with E-state index in [1.54, 1.807) is 0 Å². The van der Waals surface area contributed by atoms with E-state index in [0.717, 1.165) is 24.6 Å². The molecule has 0 radical (unpaired) electrons. The Morgan fingerprint density at radius 2 is 2.04 bits per heavy atom. The van der Waals surface area contributed by atoms with E-state index in [0.29, 0.717) is 12.2 Å². The molecule has 2 aliphatic rings. The summed E-state index contributed by atoms with van der Waals surface area (Å²) in [6, 6.07) is 3.65. The summed E-state index contributed by atoms with van der Waals surface area (Å²) in [6.45, 7) is 4.51. The van der Waals surface area contributed by atoms with Gasteiger partial charge in [0.2, 0.25) is 6.79 Å². The number of epoxide rings is 1. The van der Waals surface area contributed by atoms with Crippen molar-refractivity contribution >= 4 is 5.71 Å². The van der Waals surface area contributed by atoms with Gasteiger partial charge in [-0.1, -0.05) is 25.1 Å². The Kier molecular flexibility index (Phi) is 4.14. The van der Waals surface area contributed by atoms with Gasteiger partial charge in [-0.3, -0.25) is 0 Å². The molecule has 1 aliphatic carbocycles. The van der Waals surface area contributed by atoms with Crippen LogP contribution in [0.15, 0.2) is 23.4 Å². The Labute approximate surface area is 134 Å². The molecule has 1 saturated carbocycles. The van der Waals surface area contributed by atoms with Crippen molar-refractivity contribution in [1.29, 1.82) is 0 Å². The highest BCUT2D eigenvalue weighted by Crippen LogP contribution is 2.68. The fraction of sp³-hybridized carbons (Fsp3) is 0.588. The summed E-state index contributed by atoms with van der Waals surface area (Å²) in [5.41, 5.74) is 0.102. The van der Waals surface area contributed by atoms with Crippen molar-refractivity contribution in [2.24, 2.45) is 16.5 Å². The number of nitrogens with zero attached hydrogens (tertiary/aromatic N) is 1. The first-order valence-electron chi connectivity index (χ1n) is 7.75. The Morgan fingerprint density at radius 3 is 2.52 bits per heavy atom. The van der Waals surface area contributed by atoms with E-state index in [1.165, 1.54) is 19.2 Å². The van der Waals surface area contributed by atoms with Gasteiger partial charge in [-0.2, -0.15) is 0 Å². The van der Waals surface area contributed by atoms with E-state index < -0.39 is 17.2 Å². The van der Waals surface area contributed by atoms with Gasteiger partial charge in [0, 0.05) is 24.2 Å². The van der Waals surface area contributed by atoms with Crippen LogP contribution in [0.1, 0.15) is 32.3 Å². The zero-order valence-corrected chi connectivity index (χ0v) is 13.6. The predicted octanol–water partition coefficient (Wildman–Crippen LogP) is 3.60. The van der Waals surface area contributed by atoms with E-state index in [4.69, 9.17) is 14.3 Å². The number of ether oxygens (including phenoxy) is 2. The molecule has 126 valence electrons. The highest BCUT2D eigenvalue weighted by atomic mass is 19.1. The number of rotatable bonds is 7. The highest BCUT2D eigenvalue weighted by Gasteiger charge is 2.72. The van der Waals surface area contributed by atoms with Gasteiger partial charge in [0.05, 0.1) is 12.3 Å². The topological polar surface area (TPSA) is 43.4 Å². The molecule has 0 amide bonds. The third kappa shape index (κ3) is 2.64. The van der Waals surface area contributed by atoms with Crippen molar-refractivity contribution in [3.8, 4) is 0 Å². The maximum atomic E-state index is 14.3. The van der Waals surface area contributed by atoms with Crippen molar-refractivity contribution < 1.29 is 23.1 Å². The van der Waals surface area contributed by atoms with Crippen LogP contribution in [0.25, 0.3) is 0 Å². The number of oxime groups is 1. The molecule has 4 nitrogen and oxygen atoms in total. The number of methoxy groups -OCH3 is 1. The minimum absolute atomic E-state index is 0.0606. The van der Waals surface area contributed by atoms with E-state index in [-0.39, 0.29) is 18.1 Å². The Morgan fingerprint density at radius 1 is 1.35 bits per heavy atom. The molecule has 23 heavy (non-hydrogen) atoms. The van der Waals surface area contributed by atoms with Gasteiger partial charge in [-0.05, 0) is 24.8 Å². The normalized spacial score (nSPS) is 25.6. The molecular weight excluding hydrogens is 304 g/mol. The van der Waals surface area contributed by atoms with Crippen LogP contribution in [-0.4, -0.2) is 26.2 Å². The average molecular weight is 325 g/mol. The maximum Gasteiger partial charge on any atom is 0.216 e. The van der Waals surface area contributed by atoms with Crippen molar-refractivity contribution in [2.75, 3.05) is 20.5 Å². The van der Waals surface area contributed by atoms with Crippen molar-refractivity contribution in [3.05, 3.63) is 35.4 Å². The van der Waals surface area contributed by atoms with E-state index in [9.17, 15) is 8.78 Å². The average Bonchev–Trinajstić information content (AvgIpc) is 3.36. The first kappa shape index (κ1) is 16.3. The quantitative estimate of drug-likeness (QED) is 0.253. The minimum atomic E-state index is -0.760. The van der Waals surface area contributed by atoms with Crippen LogP contribution in [0.3, 0.4) is 0 Å². The third-order valence-corrected chi connectivity index (χ3v) is 4.69. The Bertz CT molecular complexity index is 622. The molecule has 1 aliphatic heterocycles. The van der Waals surface area contributed by atoms with Gasteiger partial charge in [0.1, 0.15) is 17.2 Å². The monoisotopic (exact) mass is 325 g/mol. The SMILES string of the molecule is COCON=C(C(C)C)C1(C2(c3ccc(F)cc3F)CO2)CC1. The van der Waals surface area contributed by atoms with E-state index in [2.05, 4.69) is 5.16 Å². The van der Waals surface area contributed by atoms with Gasteiger partial charge in [-0.15, -0.1) is 0 Å². The number of hydrogen-bond donors (Lipinski definition) is 0. The highest BCUT2D eigenvalue weighted by molar-refractivity contribution is 5.95. The summed E-state index contributed by atoms with van der Waals surface area (Å²) in [6.07, 6.45) is 1.69. The van der Waals surface area contributed by atoms with Crippen LogP contribution in [0.2, 0.25) is 0 Å². The molecule has 6 heteroatoms. The standard InChI is InChI=1S/C17H21F2NO3/c1-11(2)15(20-23-10-21-3)16(6-7-16)17(9-22-17)13-5-4-12(18)8-14(13)19/h4-5,8,11H,6-7,9-10H2,1-3H3. The van der Waals surface area contributed by atoms with Crippen LogP contribution in [0, 0.1) is 23.0 Å². The Hall–Kier alpha value is -1.53. The number of halogens is 2. The molecule has 1 atom stereocenters. The summed E-state index contributed by atoms with van der Waals surface area (Å²) in [4.78, 5) is 5.20. The fourth-order valence-electron chi connectivity index (χ4n) is 3.46. The smallest absolute Gasteiger partial charge is 0.216 e. The van der Waals surface area contributed by atoms with Crippen LogP contribution in [0.5, 0.6) is 0 Å². The van der Waals surface area contributed by atoms with Crippen LogP contribution < -0.4 is 0 Å². The molecule has 0 N–H and O–H groups in total. The largest absolute Gasteiger partial charge is 0.367 e. The molecular formula is C17H21F2NO3. The zero-order valence-electron chi connectivity index (χ0n) is 13.6. The zero-order chi connectivity index (χ0) is 16.7. The van der Waals surface area contributed by atoms with Gasteiger partial charge in [-0.25, -0.2) is 8.78 Å². The van der Waals surface area contributed by atoms with Gasteiger partial charge in [0.15, 0.2) is 0 Å². The van der Waals surface area contributed by atoms with Gasteiger partial charge in [0.25, 0.3) is 0 Å². The molecule has 1 unspecified atom stereocenters. The lowest BCUT2D eigenvalue weighted by Crippen LogP contribution is -2.35. The van der Waals surface area contributed by atoms with Crippen molar-refractivity contribution in [2.45, 2.75) is 32.3 Å². The van der Waals surface area contributed by atoms with Crippen LogP contribution in [-0.2, 0) is 19.9 Å². The summed E-state index contributed by atoms with van der Waals surface area (Å²) in [7, 11) is 1.52.